The Labute approximate surface area is 92.8 Å². The van der Waals surface area contributed by atoms with Gasteiger partial charge in [-0.2, -0.15) is 0 Å². The van der Waals surface area contributed by atoms with E-state index in [9.17, 15) is 0 Å². The molecule has 2 saturated carbocycles. The van der Waals surface area contributed by atoms with Crippen LogP contribution in [0.1, 0.15) is 51.4 Å². The highest BCUT2D eigenvalue weighted by Crippen LogP contribution is 2.41. The summed E-state index contributed by atoms with van der Waals surface area (Å²) < 4.78 is 6.05. The maximum absolute atomic E-state index is 6.05. The number of nitrogens with one attached hydrogen (secondary N) is 1. The summed E-state index contributed by atoms with van der Waals surface area (Å²) in [5.41, 5.74) is 0.314. The minimum absolute atomic E-state index is 0.314. The van der Waals surface area contributed by atoms with E-state index in [2.05, 4.69) is 5.32 Å². The number of hydrogen-bond donors (Lipinski definition) is 1. The van der Waals surface area contributed by atoms with Crippen molar-refractivity contribution in [2.75, 3.05) is 13.2 Å². The Kier molecular flexibility index (Phi) is 2.73. The van der Waals surface area contributed by atoms with Crippen LogP contribution in [0, 0.1) is 5.92 Å². The third-order valence-corrected chi connectivity index (χ3v) is 4.38. The molecule has 3 aliphatic rings. The molecule has 1 unspecified atom stereocenters. The molecule has 1 N–H and O–H groups in total. The molecular formula is C13H23NO. The highest BCUT2D eigenvalue weighted by Gasteiger charge is 2.39. The molecule has 0 bridgehead atoms. The molecule has 0 aromatic rings. The zero-order valence-corrected chi connectivity index (χ0v) is 9.63. The summed E-state index contributed by atoms with van der Waals surface area (Å²) in [6, 6.07) is 0.868. The predicted molar refractivity (Wildman–Crippen MR) is 60.9 cm³/mol. The first kappa shape index (κ1) is 10.1. The topological polar surface area (TPSA) is 21.3 Å². The maximum atomic E-state index is 6.05. The van der Waals surface area contributed by atoms with Crippen LogP contribution in [-0.4, -0.2) is 24.8 Å². The van der Waals surface area contributed by atoms with E-state index in [1.807, 2.05) is 0 Å². The van der Waals surface area contributed by atoms with Crippen LogP contribution in [0.5, 0.6) is 0 Å². The third-order valence-electron chi connectivity index (χ3n) is 4.38. The van der Waals surface area contributed by atoms with Crippen LogP contribution in [0.2, 0.25) is 0 Å². The van der Waals surface area contributed by atoms with Gasteiger partial charge in [0, 0.05) is 12.6 Å². The summed E-state index contributed by atoms with van der Waals surface area (Å²) >= 11 is 0. The van der Waals surface area contributed by atoms with Gasteiger partial charge in [0.25, 0.3) is 0 Å². The van der Waals surface area contributed by atoms with Crippen molar-refractivity contribution in [1.82, 2.24) is 5.32 Å². The molecule has 1 saturated heterocycles. The quantitative estimate of drug-likeness (QED) is 0.771. The monoisotopic (exact) mass is 209 g/mol. The van der Waals surface area contributed by atoms with E-state index in [1.165, 1.54) is 57.9 Å². The molecule has 2 aliphatic carbocycles. The molecule has 86 valence electrons. The van der Waals surface area contributed by atoms with E-state index in [0.29, 0.717) is 5.60 Å². The van der Waals surface area contributed by atoms with Crippen molar-refractivity contribution in [2.24, 2.45) is 5.92 Å². The van der Waals surface area contributed by atoms with Crippen molar-refractivity contribution >= 4 is 0 Å². The second-order valence-electron chi connectivity index (χ2n) is 5.78. The summed E-state index contributed by atoms with van der Waals surface area (Å²) in [5.74, 6) is 0.887. The predicted octanol–water partition coefficient (Wildman–Crippen LogP) is 2.48. The van der Waals surface area contributed by atoms with Crippen molar-refractivity contribution < 1.29 is 4.74 Å². The van der Waals surface area contributed by atoms with Crippen LogP contribution >= 0.6 is 0 Å². The molecule has 2 nitrogen and oxygen atoms in total. The van der Waals surface area contributed by atoms with Crippen LogP contribution in [0.3, 0.4) is 0 Å². The fraction of sp³-hybridized carbons (Fsp3) is 1.00. The summed E-state index contributed by atoms with van der Waals surface area (Å²) in [4.78, 5) is 0. The zero-order chi connectivity index (χ0) is 10.1. The van der Waals surface area contributed by atoms with Gasteiger partial charge in [0.1, 0.15) is 0 Å². The van der Waals surface area contributed by atoms with Gasteiger partial charge in [-0.25, -0.2) is 0 Å². The van der Waals surface area contributed by atoms with Gasteiger partial charge < -0.3 is 10.1 Å². The van der Waals surface area contributed by atoms with Gasteiger partial charge in [0.15, 0.2) is 0 Å². The smallest absolute Gasteiger partial charge is 0.0685 e. The summed E-state index contributed by atoms with van der Waals surface area (Å²) in [6.07, 6.45) is 10.9. The second-order valence-corrected chi connectivity index (χ2v) is 5.78. The first-order valence-corrected chi connectivity index (χ1v) is 6.74. The van der Waals surface area contributed by atoms with Crippen LogP contribution in [0.4, 0.5) is 0 Å². The molecule has 3 rings (SSSR count). The zero-order valence-electron chi connectivity index (χ0n) is 9.63. The van der Waals surface area contributed by atoms with Gasteiger partial charge in [0.05, 0.1) is 5.60 Å². The molecule has 1 aliphatic heterocycles. The molecule has 1 atom stereocenters. The van der Waals surface area contributed by atoms with E-state index < -0.39 is 0 Å². The van der Waals surface area contributed by atoms with E-state index in [-0.39, 0.29) is 0 Å². The summed E-state index contributed by atoms with van der Waals surface area (Å²) in [6.45, 7) is 2.26. The van der Waals surface area contributed by atoms with E-state index in [4.69, 9.17) is 4.74 Å². The highest BCUT2D eigenvalue weighted by atomic mass is 16.5. The van der Waals surface area contributed by atoms with Gasteiger partial charge in [-0.3, -0.25) is 0 Å². The Morgan fingerprint density at radius 3 is 2.67 bits per heavy atom. The molecule has 0 aromatic heterocycles. The number of ether oxygens (including phenoxy) is 1. The maximum Gasteiger partial charge on any atom is 0.0685 e. The number of hydrogen-bond acceptors (Lipinski definition) is 2. The highest BCUT2D eigenvalue weighted by molar-refractivity contribution is 4.92. The minimum Gasteiger partial charge on any atom is -0.375 e. The molecule has 0 aromatic carbocycles. The fourth-order valence-corrected chi connectivity index (χ4v) is 3.29. The summed E-state index contributed by atoms with van der Waals surface area (Å²) in [7, 11) is 0. The van der Waals surface area contributed by atoms with Gasteiger partial charge >= 0.3 is 0 Å². The van der Waals surface area contributed by atoms with Crippen molar-refractivity contribution in [3.63, 3.8) is 0 Å². The molecular weight excluding hydrogens is 186 g/mol. The molecule has 0 radical (unpaired) electrons. The molecule has 1 heterocycles. The lowest BCUT2D eigenvalue weighted by atomic mass is 9.84. The first-order chi connectivity index (χ1) is 7.36. The normalized spacial score (nSPS) is 34.8. The van der Waals surface area contributed by atoms with Crippen LogP contribution < -0.4 is 5.32 Å². The lowest BCUT2D eigenvalue weighted by Crippen LogP contribution is -2.40. The van der Waals surface area contributed by atoms with Gasteiger partial charge in [-0.05, 0) is 51.0 Å². The lowest BCUT2D eigenvalue weighted by molar-refractivity contribution is -0.0921. The van der Waals surface area contributed by atoms with Crippen LogP contribution in [0.15, 0.2) is 0 Å². The SMILES string of the molecule is C1CCC2(C1)CC(CNC1CC1)CCO2. The van der Waals surface area contributed by atoms with Crippen molar-refractivity contribution in [2.45, 2.75) is 63.0 Å². The molecule has 3 fully saturated rings. The Morgan fingerprint density at radius 2 is 1.93 bits per heavy atom. The Morgan fingerprint density at radius 1 is 1.13 bits per heavy atom. The Balaban J connectivity index is 1.51. The summed E-state index contributed by atoms with van der Waals surface area (Å²) in [5, 5.41) is 3.68. The first-order valence-electron chi connectivity index (χ1n) is 6.74. The van der Waals surface area contributed by atoms with E-state index in [0.717, 1.165) is 18.6 Å². The van der Waals surface area contributed by atoms with Gasteiger partial charge in [-0.15, -0.1) is 0 Å². The van der Waals surface area contributed by atoms with Gasteiger partial charge in [-0.1, -0.05) is 12.8 Å². The minimum atomic E-state index is 0.314. The molecule has 0 amide bonds. The Hall–Kier alpha value is -0.0800. The molecule has 1 spiro atoms. The lowest BCUT2D eigenvalue weighted by Gasteiger charge is -2.38. The molecule has 15 heavy (non-hydrogen) atoms. The second kappa shape index (κ2) is 4.06. The van der Waals surface area contributed by atoms with Crippen molar-refractivity contribution in [3.05, 3.63) is 0 Å². The van der Waals surface area contributed by atoms with Crippen LogP contribution in [-0.2, 0) is 4.74 Å². The Bertz CT molecular complexity index is 219. The largest absolute Gasteiger partial charge is 0.375 e. The number of rotatable bonds is 3. The fourth-order valence-electron chi connectivity index (χ4n) is 3.29. The van der Waals surface area contributed by atoms with E-state index in [1.54, 1.807) is 0 Å². The van der Waals surface area contributed by atoms with Crippen molar-refractivity contribution in [1.29, 1.82) is 0 Å². The van der Waals surface area contributed by atoms with Gasteiger partial charge in [0.2, 0.25) is 0 Å². The average Bonchev–Trinajstić information content (AvgIpc) is 2.99. The van der Waals surface area contributed by atoms with E-state index >= 15 is 0 Å². The third kappa shape index (κ3) is 2.36. The van der Waals surface area contributed by atoms with Crippen molar-refractivity contribution in [3.8, 4) is 0 Å². The molecule has 2 heteroatoms. The average molecular weight is 209 g/mol. The van der Waals surface area contributed by atoms with Crippen LogP contribution in [0.25, 0.3) is 0 Å². The standard InChI is InChI=1S/C13H23NO/c1-2-7-13(6-1)9-11(5-8-15-13)10-14-12-3-4-12/h11-12,14H,1-10H2.